The first-order chi connectivity index (χ1) is 10.6. The fourth-order valence-electron chi connectivity index (χ4n) is 2.81. The van der Waals surface area contributed by atoms with E-state index in [1.165, 1.54) is 7.11 Å². The van der Waals surface area contributed by atoms with Crippen LogP contribution in [0.25, 0.3) is 0 Å². The Morgan fingerprint density at radius 1 is 1.09 bits per heavy atom. The van der Waals surface area contributed by atoms with Gasteiger partial charge in [0, 0.05) is 11.5 Å². The number of esters is 1. The molecule has 0 spiro atoms. The Labute approximate surface area is 129 Å². The van der Waals surface area contributed by atoms with Crippen LogP contribution in [-0.2, 0) is 4.74 Å². The van der Waals surface area contributed by atoms with Gasteiger partial charge in [-0.3, -0.25) is 0 Å². The van der Waals surface area contributed by atoms with Crippen molar-refractivity contribution in [2.75, 3.05) is 14.2 Å². The summed E-state index contributed by atoms with van der Waals surface area (Å²) in [5, 5.41) is 0. The van der Waals surface area contributed by atoms with Crippen LogP contribution < -0.4 is 9.47 Å². The molecule has 0 saturated carbocycles. The minimum atomic E-state index is -0.355. The van der Waals surface area contributed by atoms with E-state index in [1.807, 2.05) is 30.3 Å². The number of ether oxygens (including phenoxy) is 3. The van der Waals surface area contributed by atoms with E-state index in [9.17, 15) is 4.79 Å². The molecule has 0 unspecified atom stereocenters. The summed E-state index contributed by atoms with van der Waals surface area (Å²) in [6.45, 7) is 2.12. The van der Waals surface area contributed by atoms with E-state index in [2.05, 4.69) is 6.92 Å². The number of hydrogen-bond acceptors (Lipinski definition) is 4. The van der Waals surface area contributed by atoms with Crippen LogP contribution in [0.1, 0.15) is 40.4 Å². The zero-order valence-electron chi connectivity index (χ0n) is 12.8. The van der Waals surface area contributed by atoms with E-state index in [0.29, 0.717) is 5.56 Å². The summed E-state index contributed by atoms with van der Waals surface area (Å²) in [5.74, 6) is 1.43. The molecule has 0 saturated heterocycles. The summed E-state index contributed by atoms with van der Waals surface area (Å²) >= 11 is 0. The second-order valence-corrected chi connectivity index (χ2v) is 5.34. The molecule has 2 atom stereocenters. The lowest BCUT2D eigenvalue weighted by atomic mass is 9.92. The van der Waals surface area contributed by atoms with Gasteiger partial charge in [-0.25, -0.2) is 4.79 Å². The SMILES string of the molecule is COC(=O)c1ccc2c(c1)O[C@@H](c1ccc(OC)cc1)[C@@H]2C. The maximum atomic E-state index is 11.6. The van der Waals surface area contributed by atoms with Gasteiger partial charge in [0.15, 0.2) is 0 Å². The molecular formula is C18H18O4. The summed E-state index contributed by atoms with van der Waals surface area (Å²) in [6.07, 6.45) is -0.0613. The fourth-order valence-corrected chi connectivity index (χ4v) is 2.81. The van der Waals surface area contributed by atoms with E-state index in [1.54, 1.807) is 19.2 Å². The standard InChI is InChI=1S/C18H18O4/c1-11-15-9-6-13(18(19)21-3)10-16(15)22-17(11)12-4-7-14(20-2)8-5-12/h4-11,17H,1-3H3/t11-,17-/m1/s1. The molecule has 2 aromatic rings. The van der Waals surface area contributed by atoms with Gasteiger partial charge in [0.2, 0.25) is 0 Å². The molecular weight excluding hydrogens is 280 g/mol. The average Bonchev–Trinajstić information content (AvgIpc) is 2.90. The van der Waals surface area contributed by atoms with Crippen molar-refractivity contribution in [3.05, 3.63) is 59.2 Å². The van der Waals surface area contributed by atoms with Crippen molar-refractivity contribution in [2.24, 2.45) is 0 Å². The number of hydrogen-bond donors (Lipinski definition) is 0. The average molecular weight is 298 g/mol. The van der Waals surface area contributed by atoms with Crippen molar-refractivity contribution in [2.45, 2.75) is 18.9 Å². The predicted molar refractivity (Wildman–Crippen MR) is 82.6 cm³/mol. The molecule has 22 heavy (non-hydrogen) atoms. The van der Waals surface area contributed by atoms with Gasteiger partial charge in [0.1, 0.15) is 17.6 Å². The van der Waals surface area contributed by atoms with Crippen molar-refractivity contribution in [1.29, 1.82) is 0 Å². The smallest absolute Gasteiger partial charge is 0.337 e. The first-order valence-corrected chi connectivity index (χ1v) is 7.17. The predicted octanol–water partition coefficient (Wildman–Crippen LogP) is 3.72. The molecule has 2 aromatic carbocycles. The Morgan fingerprint density at radius 3 is 2.45 bits per heavy atom. The van der Waals surface area contributed by atoms with Crippen LogP contribution in [0.2, 0.25) is 0 Å². The first-order valence-electron chi connectivity index (χ1n) is 7.17. The Morgan fingerprint density at radius 2 is 1.82 bits per heavy atom. The molecule has 0 fully saturated rings. The van der Waals surface area contributed by atoms with E-state index in [0.717, 1.165) is 22.6 Å². The third-order valence-electron chi connectivity index (χ3n) is 4.08. The molecule has 1 heterocycles. The third kappa shape index (κ3) is 2.41. The Bertz CT molecular complexity index is 691. The molecule has 0 bridgehead atoms. The molecule has 1 aliphatic heterocycles. The summed E-state index contributed by atoms with van der Waals surface area (Å²) < 4.78 is 16.0. The lowest BCUT2D eigenvalue weighted by Gasteiger charge is -2.16. The minimum Gasteiger partial charge on any atom is -0.497 e. The van der Waals surface area contributed by atoms with Gasteiger partial charge >= 0.3 is 5.97 Å². The van der Waals surface area contributed by atoms with Crippen molar-refractivity contribution < 1.29 is 19.0 Å². The third-order valence-corrected chi connectivity index (χ3v) is 4.08. The molecule has 114 valence electrons. The normalized spacial score (nSPS) is 19.2. The van der Waals surface area contributed by atoms with Crippen LogP contribution in [0.4, 0.5) is 0 Å². The first kappa shape index (κ1) is 14.4. The van der Waals surface area contributed by atoms with Crippen molar-refractivity contribution in [1.82, 2.24) is 0 Å². The quantitative estimate of drug-likeness (QED) is 0.810. The van der Waals surface area contributed by atoms with E-state index in [-0.39, 0.29) is 18.0 Å². The Hall–Kier alpha value is -2.49. The van der Waals surface area contributed by atoms with Crippen LogP contribution in [-0.4, -0.2) is 20.2 Å². The van der Waals surface area contributed by atoms with Crippen molar-refractivity contribution >= 4 is 5.97 Å². The molecule has 4 nitrogen and oxygen atoms in total. The summed E-state index contributed by atoms with van der Waals surface area (Å²) in [5.41, 5.74) is 2.70. The van der Waals surface area contributed by atoms with Crippen LogP contribution in [0.5, 0.6) is 11.5 Å². The number of rotatable bonds is 3. The largest absolute Gasteiger partial charge is 0.497 e. The highest BCUT2D eigenvalue weighted by Gasteiger charge is 2.32. The van der Waals surface area contributed by atoms with E-state index in [4.69, 9.17) is 14.2 Å². The molecule has 0 aromatic heterocycles. The van der Waals surface area contributed by atoms with Gasteiger partial charge in [0.25, 0.3) is 0 Å². The highest BCUT2D eigenvalue weighted by Crippen LogP contribution is 2.46. The van der Waals surface area contributed by atoms with Gasteiger partial charge in [0.05, 0.1) is 19.8 Å². The Kier molecular flexibility index (Phi) is 3.75. The summed E-state index contributed by atoms with van der Waals surface area (Å²) in [4.78, 5) is 11.6. The zero-order chi connectivity index (χ0) is 15.7. The van der Waals surface area contributed by atoms with Gasteiger partial charge in [-0.1, -0.05) is 25.1 Å². The molecule has 3 rings (SSSR count). The topological polar surface area (TPSA) is 44.8 Å². The van der Waals surface area contributed by atoms with E-state index < -0.39 is 0 Å². The monoisotopic (exact) mass is 298 g/mol. The number of carbonyl (C=O) groups is 1. The van der Waals surface area contributed by atoms with Gasteiger partial charge in [-0.05, 0) is 29.8 Å². The molecule has 0 aliphatic carbocycles. The Balaban J connectivity index is 1.89. The molecule has 0 N–H and O–H groups in total. The second kappa shape index (κ2) is 5.72. The maximum Gasteiger partial charge on any atom is 0.337 e. The van der Waals surface area contributed by atoms with Gasteiger partial charge < -0.3 is 14.2 Å². The highest BCUT2D eigenvalue weighted by molar-refractivity contribution is 5.90. The summed E-state index contributed by atoms with van der Waals surface area (Å²) in [7, 11) is 3.02. The summed E-state index contributed by atoms with van der Waals surface area (Å²) in [6, 6.07) is 13.3. The number of benzene rings is 2. The zero-order valence-corrected chi connectivity index (χ0v) is 12.8. The van der Waals surface area contributed by atoms with Gasteiger partial charge in [-0.15, -0.1) is 0 Å². The van der Waals surface area contributed by atoms with Crippen LogP contribution >= 0.6 is 0 Å². The second-order valence-electron chi connectivity index (χ2n) is 5.34. The van der Waals surface area contributed by atoms with Crippen molar-refractivity contribution in [3.63, 3.8) is 0 Å². The lowest BCUT2D eigenvalue weighted by molar-refractivity contribution is 0.0600. The van der Waals surface area contributed by atoms with Crippen molar-refractivity contribution in [3.8, 4) is 11.5 Å². The molecule has 1 aliphatic rings. The maximum absolute atomic E-state index is 11.6. The van der Waals surface area contributed by atoms with Crippen LogP contribution in [0.15, 0.2) is 42.5 Å². The minimum absolute atomic E-state index is 0.0613. The van der Waals surface area contributed by atoms with Gasteiger partial charge in [-0.2, -0.15) is 0 Å². The van der Waals surface area contributed by atoms with Crippen LogP contribution in [0.3, 0.4) is 0 Å². The van der Waals surface area contributed by atoms with E-state index >= 15 is 0 Å². The van der Waals surface area contributed by atoms with Crippen LogP contribution in [0, 0.1) is 0 Å². The fraction of sp³-hybridized carbons (Fsp3) is 0.278. The number of methoxy groups -OCH3 is 2. The molecule has 4 heteroatoms. The molecule has 0 amide bonds. The lowest BCUT2D eigenvalue weighted by Crippen LogP contribution is -2.07. The highest BCUT2D eigenvalue weighted by atomic mass is 16.5. The number of carbonyl (C=O) groups excluding carboxylic acids is 1. The molecule has 0 radical (unpaired) electrons. The number of fused-ring (bicyclic) bond motifs is 1.